The van der Waals surface area contributed by atoms with Crippen LogP contribution in [-0.4, -0.2) is 133 Å². The van der Waals surface area contributed by atoms with E-state index in [1.54, 1.807) is 7.11 Å². The maximum Gasteiger partial charge on any atom is 0.344 e. The van der Waals surface area contributed by atoms with Gasteiger partial charge in [0.05, 0.1) is 33.0 Å². The van der Waals surface area contributed by atoms with Crippen molar-refractivity contribution in [2.24, 2.45) is 11.3 Å². The van der Waals surface area contributed by atoms with Gasteiger partial charge in [-0.25, -0.2) is 4.79 Å². The van der Waals surface area contributed by atoms with Crippen LogP contribution in [0.5, 0.6) is 5.75 Å². The lowest BCUT2D eigenvalue weighted by Crippen LogP contribution is -2.79. The van der Waals surface area contributed by atoms with E-state index in [0.717, 1.165) is 33.4 Å². The predicted octanol–water partition coefficient (Wildman–Crippen LogP) is 3.82. The van der Waals surface area contributed by atoms with Crippen molar-refractivity contribution in [3.8, 4) is 5.75 Å². The summed E-state index contributed by atoms with van der Waals surface area (Å²) >= 11 is 0. The van der Waals surface area contributed by atoms with E-state index in [2.05, 4.69) is 33.8 Å². The van der Waals surface area contributed by atoms with Gasteiger partial charge in [0.15, 0.2) is 6.10 Å². The molecule has 1 aliphatic carbocycles. The summed E-state index contributed by atoms with van der Waals surface area (Å²) in [5.74, 6) is -1.47. The molecule has 5 aliphatic heterocycles. The maximum atomic E-state index is 15.3. The van der Waals surface area contributed by atoms with Crippen molar-refractivity contribution < 1.29 is 43.5 Å². The number of hydrogen-bond acceptors (Lipinski definition) is 12. The summed E-state index contributed by atoms with van der Waals surface area (Å²) in [4.78, 5) is 53.1. The highest BCUT2D eigenvalue weighted by atomic mass is 16.6. The molecule has 1 aromatic heterocycles. The van der Waals surface area contributed by atoms with Gasteiger partial charge in [0.1, 0.15) is 11.2 Å². The highest BCUT2D eigenvalue weighted by molar-refractivity contribution is 5.95. The van der Waals surface area contributed by atoms with E-state index in [1.165, 1.54) is 21.1 Å². The first-order chi connectivity index (χ1) is 27.7. The van der Waals surface area contributed by atoms with Crippen molar-refractivity contribution in [1.29, 1.82) is 0 Å². The zero-order valence-electron chi connectivity index (χ0n) is 34.9. The molecule has 4 fully saturated rings. The van der Waals surface area contributed by atoms with Crippen LogP contribution in [0.2, 0.25) is 0 Å². The SMILES string of the molecule is CC[C@]1(O)C[C@H]2CN(CCc3c([nH]c4ccccc34)[C@@](C(=O)OC)(c3cc4c(cc3OC)N(C)[C@H]3[C@@](O)(C(=O)OC)[C@H](OC(C)=O)[C@]5(CC)CCN6CC[C@]43[C@@H]65)C2)C1. The highest BCUT2D eigenvalue weighted by Crippen LogP contribution is 2.70. The highest BCUT2D eigenvalue weighted by Gasteiger charge is 2.81. The van der Waals surface area contributed by atoms with Gasteiger partial charge >= 0.3 is 17.9 Å². The van der Waals surface area contributed by atoms with Gasteiger partial charge in [-0.2, -0.15) is 0 Å². The van der Waals surface area contributed by atoms with Gasteiger partial charge in [0, 0.05) is 84.4 Å². The molecule has 6 heterocycles. The molecule has 1 saturated carbocycles. The number of para-hydroxylation sites is 1. The monoisotopic (exact) mass is 798 g/mol. The quantitative estimate of drug-likeness (QED) is 0.235. The number of ether oxygens (including phenoxy) is 4. The lowest BCUT2D eigenvalue weighted by atomic mass is 9.48. The van der Waals surface area contributed by atoms with Crippen molar-refractivity contribution in [2.75, 3.05) is 66.0 Å². The Morgan fingerprint density at radius 2 is 1.66 bits per heavy atom. The second-order valence-electron chi connectivity index (χ2n) is 18.2. The third-order valence-electron chi connectivity index (χ3n) is 15.8. The van der Waals surface area contributed by atoms with Crippen molar-refractivity contribution in [2.45, 2.75) is 106 Å². The van der Waals surface area contributed by atoms with Gasteiger partial charge in [-0.05, 0) is 87.2 Å². The third kappa shape index (κ3) is 4.93. The number of carbonyl (C=O) groups is 3. The van der Waals surface area contributed by atoms with E-state index in [4.69, 9.17) is 18.9 Å². The number of aliphatic hydroxyl groups is 2. The minimum absolute atomic E-state index is 0.0881. The van der Waals surface area contributed by atoms with E-state index in [9.17, 15) is 19.8 Å². The number of esters is 3. The van der Waals surface area contributed by atoms with Crippen LogP contribution >= 0.6 is 0 Å². The van der Waals surface area contributed by atoms with Crippen LogP contribution in [0.3, 0.4) is 0 Å². The van der Waals surface area contributed by atoms with E-state index in [-0.39, 0.29) is 12.0 Å². The molecule has 1 spiro atoms. The molecule has 9 rings (SSSR count). The number of likely N-dealkylation sites (N-methyl/N-ethyl adjacent to an activating group) is 1. The first kappa shape index (κ1) is 39.3. The van der Waals surface area contributed by atoms with Crippen LogP contribution in [0.1, 0.15) is 81.7 Å². The summed E-state index contributed by atoms with van der Waals surface area (Å²) in [5, 5.41) is 26.3. The Bertz CT molecular complexity index is 2190. The van der Waals surface area contributed by atoms with E-state index in [1.807, 2.05) is 43.1 Å². The fourth-order valence-electron chi connectivity index (χ4n) is 13.7. The third-order valence-corrected chi connectivity index (χ3v) is 15.8. The Morgan fingerprint density at radius 3 is 2.34 bits per heavy atom. The normalized spacial score (nSPS) is 37.5. The number of aromatic amines is 1. The van der Waals surface area contributed by atoms with Crippen LogP contribution in [0, 0.1) is 11.3 Å². The summed E-state index contributed by atoms with van der Waals surface area (Å²) in [5.41, 5.74) is -1.19. The Morgan fingerprint density at radius 1 is 0.914 bits per heavy atom. The van der Waals surface area contributed by atoms with Gasteiger partial charge in [-0.1, -0.05) is 32.0 Å². The van der Waals surface area contributed by atoms with Crippen molar-refractivity contribution in [3.63, 3.8) is 0 Å². The smallest absolute Gasteiger partial charge is 0.344 e. The van der Waals surface area contributed by atoms with E-state index in [0.29, 0.717) is 89.0 Å². The number of fused-ring (bicyclic) bond motifs is 6. The summed E-state index contributed by atoms with van der Waals surface area (Å²) in [6.07, 6.45) is 2.71. The Hall–Kier alpha value is -4.17. The fraction of sp³-hybridized carbons (Fsp3) is 0.622. The molecule has 2 aromatic carbocycles. The average molecular weight is 799 g/mol. The molecule has 10 atom stereocenters. The fourth-order valence-corrected chi connectivity index (χ4v) is 13.7. The van der Waals surface area contributed by atoms with Gasteiger partial charge < -0.3 is 39.0 Å². The number of nitrogens with one attached hydrogen (secondary N) is 1. The molecule has 13 heteroatoms. The molecular weight excluding hydrogens is 741 g/mol. The van der Waals surface area contributed by atoms with Crippen LogP contribution in [-0.2, 0) is 45.8 Å². The number of benzene rings is 2. The largest absolute Gasteiger partial charge is 0.496 e. The molecule has 13 nitrogen and oxygen atoms in total. The van der Waals surface area contributed by atoms with Crippen LogP contribution in [0.15, 0.2) is 36.4 Å². The number of rotatable bonds is 7. The van der Waals surface area contributed by atoms with Gasteiger partial charge in [-0.3, -0.25) is 19.4 Å². The molecule has 0 radical (unpaired) electrons. The number of piperidine rings is 1. The Labute approximate surface area is 339 Å². The average Bonchev–Trinajstić information content (AvgIpc) is 3.97. The molecule has 312 valence electrons. The molecule has 2 bridgehead atoms. The molecule has 3 saturated heterocycles. The molecule has 58 heavy (non-hydrogen) atoms. The molecule has 3 N–H and O–H groups in total. The number of anilines is 1. The van der Waals surface area contributed by atoms with Crippen LogP contribution in [0.25, 0.3) is 10.9 Å². The number of methoxy groups -OCH3 is 3. The number of H-pyrrole nitrogens is 1. The summed E-state index contributed by atoms with van der Waals surface area (Å²) in [7, 11) is 6.18. The molecule has 3 aromatic rings. The van der Waals surface area contributed by atoms with Crippen LogP contribution < -0.4 is 9.64 Å². The number of hydrogen-bond donors (Lipinski definition) is 3. The van der Waals surface area contributed by atoms with Gasteiger partial charge in [-0.15, -0.1) is 0 Å². The van der Waals surface area contributed by atoms with Crippen molar-refractivity contribution in [1.82, 2.24) is 14.8 Å². The zero-order chi connectivity index (χ0) is 41.2. The minimum Gasteiger partial charge on any atom is -0.496 e. The number of nitrogens with zero attached hydrogens (tertiary/aromatic N) is 3. The molecular formula is C45H58N4O9. The summed E-state index contributed by atoms with van der Waals surface area (Å²) in [6, 6.07) is 11.1. The van der Waals surface area contributed by atoms with Crippen molar-refractivity contribution in [3.05, 3.63) is 58.8 Å². The lowest BCUT2D eigenvalue weighted by molar-refractivity contribution is -0.229. The first-order valence-corrected chi connectivity index (χ1v) is 21.0. The molecule has 0 amide bonds. The zero-order valence-corrected chi connectivity index (χ0v) is 34.9. The van der Waals surface area contributed by atoms with E-state index >= 15 is 4.79 Å². The second kappa shape index (κ2) is 13.4. The van der Waals surface area contributed by atoms with Gasteiger partial charge in [0.2, 0.25) is 5.60 Å². The molecule has 6 aliphatic rings. The summed E-state index contributed by atoms with van der Waals surface area (Å²) in [6.45, 7) is 8.82. The number of aromatic nitrogens is 1. The Kier molecular flexibility index (Phi) is 9.09. The predicted molar refractivity (Wildman–Crippen MR) is 216 cm³/mol. The van der Waals surface area contributed by atoms with Crippen LogP contribution in [0.4, 0.5) is 5.69 Å². The minimum atomic E-state index is -2.24. The standard InChI is InChI=1S/C45H58N4O9/c1-8-41(53)22-27-23-44(39(51)56-6,35-29(14-17-48(24-27)25-41)28-12-10-11-13-32(28)46-35)31-20-30-33(21-34(31)55-5)47(4)37-43(30)16-19-49-18-15-42(9-2,36(43)49)38(58-26(3)50)45(37,54)40(52)57-7/h10-13,20-21,27,36-38,46,53-54H,8-9,14-19,22-25H2,1-7H3/t27-,36+,37-,38-,41+,42-,43-,44+,45+/m1/s1. The lowest BCUT2D eigenvalue weighted by Gasteiger charge is -2.61. The molecule has 1 unspecified atom stereocenters. The first-order valence-electron chi connectivity index (χ1n) is 21.0. The summed E-state index contributed by atoms with van der Waals surface area (Å²) < 4.78 is 23.9. The van der Waals surface area contributed by atoms with Gasteiger partial charge in [0.25, 0.3) is 0 Å². The van der Waals surface area contributed by atoms with E-state index < -0.39 is 57.5 Å². The maximum absolute atomic E-state index is 15.3. The van der Waals surface area contributed by atoms with Crippen molar-refractivity contribution >= 4 is 34.5 Å². The second-order valence-corrected chi connectivity index (χ2v) is 18.2. The topological polar surface area (TPSA) is 154 Å². The number of carbonyl (C=O) groups excluding carboxylic acids is 3. The Balaban J connectivity index is 1.35.